The largest absolute Gasteiger partial charge is 0.336 e. The third-order valence-electron chi connectivity index (χ3n) is 3.33. The van der Waals surface area contributed by atoms with Crippen LogP contribution < -0.4 is 0 Å². The number of hydrogen-bond acceptors (Lipinski definition) is 2. The van der Waals surface area contributed by atoms with E-state index in [4.69, 9.17) is 23.2 Å². The van der Waals surface area contributed by atoms with Crippen molar-refractivity contribution in [1.29, 1.82) is 0 Å². The Bertz CT molecular complexity index is 752. The maximum Gasteiger partial charge on any atom is 0.144 e. The number of benzene rings is 1. The van der Waals surface area contributed by atoms with E-state index in [0.717, 1.165) is 17.9 Å². The van der Waals surface area contributed by atoms with E-state index in [-0.39, 0.29) is 5.02 Å². The number of alkyl halides is 1. The molecule has 0 bridgehead atoms. The van der Waals surface area contributed by atoms with Gasteiger partial charge in [0.25, 0.3) is 0 Å². The molecule has 4 nitrogen and oxygen atoms in total. The molecule has 0 saturated carbocycles. The van der Waals surface area contributed by atoms with Gasteiger partial charge in [0, 0.05) is 43.9 Å². The number of rotatable bonds is 5. The lowest BCUT2D eigenvalue weighted by Crippen LogP contribution is -2.10. The number of aromatic nitrogens is 4. The number of imidazole rings is 2. The molecule has 0 N–H and O–H groups in total. The number of halogens is 3. The Hall–Kier alpha value is -1.59. The van der Waals surface area contributed by atoms with Crippen LogP contribution in [0.2, 0.25) is 5.02 Å². The minimum absolute atomic E-state index is 0.0826. The average Bonchev–Trinajstić information content (AvgIpc) is 3.06. The maximum atomic E-state index is 13.7. The van der Waals surface area contributed by atoms with Crippen LogP contribution in [0, 0.1) is 5.82 Å². The van der Waals surface area contributed by atoms with Crippen molar-refractivity contribution in [2.75, 3.05) is 5.88 Å². The first-order valence-electron chi connectivity index (χ1n) is 6.55. The summed E-state index contributed by atoms with van der Waals surface area (Å²) < 4.78 is 17.7. The van der Waals surface area contributed by atoms with Gasteiger partial charge in [0.2, 0.25) is 0 Å². The van der Waals surface area contributed by atoms with E-state index in [0.29, 0.717) is 24.4 Å². The highest BCUT2D eigenvalue weighted by molar-refractivity contribution is 6.31. The molecule has 110 valence electrons. The van der Waals surface area contributed by atoms with Crippen LogP contribution in [0.1, 0.15) is 5.82 Å². The molecule has 21 heavy (non-hydrogen) atoms. The lowest BCUT2D eigenvalue weighted by molar-refractivity contribution is 0.570. The Labute approximate surface area is 131 Å². The van der Waals surface area contributed by atoms with Crippen LogP contribution in [0.15, 0.2) is 30.9 Å². The van der Waals surface area contributed by atoms with Gasteiger partial charge in [-0.05, 0) is 6.07 Å². The third-order valence-corrected chi connectivity index (χ3v) is 3.81. The fraction of sp³-hybridized carbons (Fsp3) is 0.286. The first-order chi connectivity index (χ1) is 10.2. The van der Waals surface area contributed by atoms with Crippen LogP contribution in [0.4, 0.5) is 4.39 Å². The van der Waals surface area contributed by atoms with Crippen molar-refractivity contribution in [3.8, 4) is 0 Å². The highest BCUT2D eigenvalue weighted by atomic mass is 35.5. The van der Waals surface area contributed by atoms with Crippen molar-refractivity contribution >= 4 is 34.2 Å². The lowest BCUT2D eigenvalue weighted by atomic mass is 10.3. The first kappa shape index (κ1) is 14.4. The van der Waals surface area contributed by atoms with Crippen molar-refractivity contribution in [3.05, 3.63) is 47.5 Å². The van der Waals surface area contributed by atoms with Crippen LogP contribution in [-0.2, 0) is 19.5 Å². The first-order valence-corrected chi connectivity index (χ1v) is 7.46. The summed E-state index contributed by atoms with van der Waals surface area (Å²) in [7, 11) is 0. The van der Waals surface area contributed by atoms with Crippen LogP contribution in [0.3, 0.4) is 0 Å². The van der Waals surface area contributed by atoms with Crippen molar-refractivity contribution in [3.63, 3.8) is 0 Å². The standard InChI is InChI=1S/C14H13Cl2FN4/c15-2-1-14-19-12-7-10(16)11(17)8-13(12)21(14)6-5-20-4-3-18-9-20/h3-4,7-9H,1-2,5-6H2. The second-order valence-electron chi connectivity index (χ2n) is 4.67. The van der Waals surface area contributed by atoms with Crippen molar-refractivity contribution < 1.29 is 4.39 Å². The molecule has 0 amide bonds. The predicted molar refractivity (Wildman–Crippen MR) is 81.4 cm³/mol. The highest BCUT2D eigenvalue weighted by Crippen LogP contribution is 2.24. The molecule has 0 atom stereocenters. The van der Waals surface area contributed by atoms with Gasteiger partial charge in [0.1, 0.15) is 11.6 Å². The Morgan fingerprint density at radius 1 is 1.24 bits per heavy atom. The molecule has 2 heterocycles. The van der Waals surface area contributed by atoms with Crippen LogP contribution >= 0.6 is 23.2 Å². The number of hydrogen-bond donors (Lipinski definition) is 0. The van der Waals surface area contributed by atoms with E-state index in [1.807, 2.05) is 15.3 Å². The SMILES string of the molecule is Fc1cc2c(cc1Cl)nc(CCCl)n2CCn1ccnc1. The van der Waals surface area contributed by atoms with E-state index < -0.39 is 5.82 Å². The molecular weight excluding hydrogens is 314 g/mol. The molecule has 7 heteroatoms. The van der Waals surface area contributed by atoms with Crippen LogP contribution in [0.25, 0.3) is 11.0 Å². The second kappa shape index (κ2) is 6.03. The quantitative estimate of drug-likeness (QED) is 0.672. The van der Waals surface area contributed by atoms with Crippen LogP contribution in [0.5, 0.6) is 0 Å². The molecule has 0 spiro atoms. The van der Waals surface area contributed by atoms with Gasteiger partial charge >= 0.3 is 0 Å². The van der Waals surface area contributed by atoms with Crippen molar-refractivity contribution in [2.45, 2.75) is 19.5 Å². The topological polar surface area (TPSA) is 35.6 Å². The Balaban J connectivity index is 2.00. The maximum absolute atomic E-state index is 13.7. The van der Waals surface area contributed by atoms with Gasteiger partial charge < -0.3 is 9.13 Å². The normalized spacial score (nSPS) is 11.4. The van der Waals surface area contributed by atoms with Gasteiger partial charge in [-0.2, -0.15) is 0 Å². The molecule has 0 aliphatic heterocycles. The van der Waals surface area contributed by atoms with E-state index in [9.17, 15) is 4.39 Å². The number of aryl methyl sites for hydroxylation is 3. The van der Waals surface area contributed by atoms with Gasteiger partial charge in [0.15, 0.2) is 0 Å². The van der Waals surface area contributed by atoms with Crippen LogP contribution in [-0.4, -0.2) is 25.0 Å². The summed E-state index contributed by atoms with van der Waals surface area (Å²) in [5.74, 6) is 0.858. The average molecular weight is 327 g/mol. The summed E-state index contributed by atoms with van der Waals surface area (Å²) in [6.07, 6.45) is 5.99. The summed E-state index contributed by atoms with van der Waals surface area (Å²) in [5, 5.41) is 0.0826. The summed E-state index contributed by atoms with van der Waals surface area (Å²) in [6.45, 7) is 1.39. The zero-order valence-corrected chi connectivity index (χ0v) is 12.6. The van der Waals surface area contributed by atoms with Crippen molar-refractivity contribution in [2.24, 2.45) is 0 Å². The molecule has 0 aliphatic carbocycles. The summed E-state index contributed by atoms with van der Waals surface area (Å²) in [6, 6.07) is 2.98. The molecular formula is C14H13Cl2FN4. The van der Waals surface area contributed by atoms with E-state index in [2.05, 4.69) is 9.97 Å². The molecule has 0 unspecified atom stereocenters. The zero-order chi connectivity index (χ0) is 14.8. The van der Waals surface area contributed by atoms with Gasteiger partial charge in [-0.25, -0.2) is 14.4 Å². The molecule has 0 fully saturated rings. The smallest absolute Gasteiger partial charge is 0.144 e. The van der Waals surface area contributed by atoms with Gasteiger partial charge in [-0.1, -0.05) is 11.6 Å². The fourth-order valence-electron chi connectivity index (χ4n) is 2.33. The van der Waals surface area contributed by atoms with Gasteiger partial charge in [-0.3, -0.25) is 0 Å². The summed E-state index contributed by atoms with van der Waals surface area (Å²) in [5.41, 5.74) is 1.42. The van der Waals surface area contributed by atoms with Gasteiger partial charge in [-0.15, -0.1) is 11.6 Å². The Kier molecular flexibility index (Phi) is 4.12. The van der Waals surface area contributed by atoms with E-state index >= 15 is 0 Å². The van der Waals surface area contributed by atoms with E-state index in [1.54, 1.807) is 18.6 Å². The summed E-state index contributed by atoms with van der Waals surface area (Å²) in [4.78, 5) is 8.52. The Morgan fingerprint density at radius 2 is 2.10 bits per heavy atom. The van der Waals surface area contributed by atoms with Crippen molar-refractivity contribution in [1.82, 2.24) is 19.1 Å². The third kappa shape index (κ3) is 2.89. The summed E-state index contributed by atoms with van der Waals surface area (Å²) >= 11 is 11.7. The second-order valence-corrected chi connectivity index (χ2v) is 5.46. The minimum Gasteiger partial charge on any atom is -0.336 e. The fourth-order valence-corrected chi connectivity index (χ4v) is 2.66. The minimum atomic E-state index is -0.439. The molecule has 0 saturated heterocycles. The Morgan fingerprint density at radius 3 is 2.81 bits per heavy atom. The predicted octanol–water partition coefficient (Wildman–Crippen LogP) is 3.51. The molecule has 0 aliphatic rings. The zero-order valence-electron chi connectivity index (χ0n) is 11.1. The highest BCUT2D eigenvalue weighted by Gasteiger charge is 2.13. The molecule has 0 radical (unpaired) electrons. The molecule has 2 aromatic heterocycles. The number of nitrogens with zero attached hydrogens (tertiary/aromatic N) is 4. The lowest BCUT2D eigenvalue weighted by Gasteiger charge is -2.09. The molecule has 1 aromatic carbocycles. The molecule has 3 rings (SSSR count). The monoisotopic (exact) mass is 326 g/mol. The van der Waals surface area contributed by atoms with E-state index in [1.165, 1.54) is 6.07 Å². The van der Waals surface area contributed by atoms with Gasteiger partial charge in [0.05, 0.1) is 22.4 Å². The number of fused-ring (bicyclic) bond motifs is 1. The molecule has 3 aromatic rings.